The zero-order valence-corrected chi connectivity index (χ0v) is 11.3. The quantitative estimate of drug-likeness (QED) is 0.547. The Labute approximate surface area is 111 Å². The molecule has 0 bridgehead atoms. The summed E-state index contributed by atoms with van der Waals surface area (Å²) in [5.41, 5.74) is 3.79. The van der Waals surface area contributed by atoms with Crippen LogP contribution in [-0.2, 0) is 0 Å². The first-order chi connectivity index (χ1) is 8.38. The van der Waals surface area contributed by atoms with Crippen molar-refractivity contribution in [2.45, 2.75) is 0 Å². The van der Waals surface area contributed by atoms with Crippen molar-refractivity contribution in [2.24, 2.45) is 5.84 Å². The maximum atomic E-state index is 5.59. The molecule has 0 aliphatic rings. The molecule has 3 rings (SSSR count). The molecule has 3 heterocycles. The Morgan fingerprint density at radius 1 is 0.941 bits per heavy atom. The molecule has 17 heavy (non-hydrogen) atoms. The lowest BCUT2D eigenvalue weighted by atomic mass is 10.3. The molecule has 0 spiro atoms. The molecule has 0 aliphatic heterocycles. The number of nitrogens with one attached hydrogen (secondary N) is 1. The second kappa shape index (κ2) is 4.62. The van der Waals surface area contributed by atoms with Crippen LogP contribution in [0.5, 0.6) is 0 Å². The third-order valence-electron chi connectivity index (χ3n) is 2.40. The number of thiophene rings is 3. The fourth-order valence-corrected chi connectivity index (χ4v) is 4.44. The number of hydrogen-bond donors (Lipinski definition) is 2. The monoisotopic (exact) mass is 278 g/mol. The molecule has 2 nitrogen and oxygen atoms in total. The highest BCUT2D eigenvalue weighted by Gasteiger charge is 2.12. The van der Waals surface area contributed by atoms with Crippen LogP contribution in [0.3, 0.4) is 0 Å². The van der Waals surface area contributed by atoms with Crippen LogP contribution in [0.4, 0.5) is 5.69 Å². The average molecular weight is 278 g/mol. The summed E-state index contributed by atoms with van der Waals surface area (Å²) in [4.78, 5) is 5.02. The highest BCUT2D eigenvalue weighted by molar-refractivity contribution is 7.26. The fraction of sp³-hybridized carbons (Fsp3) is 0. The van der Waals surface area contributed by atoms with E-state index >= 15 is 0 Å². The van der Waals surface area contributed by atoms with Crippen molar-refractivity contribution >= 4 is 39.7 Å². The third kappa shape index (κ3) is 2.02. The van der Waals surface area contributed by atoms with E-state index in [1.54, 1.807) is 34.0 Å². The summed E-state index contributed by atoms with van der Waals surface area (Å²) in [5, 5.41) is 4.18. The van der Waals surface area contributed by atoms with E-state index in [0.717, 1.165) is 5.69 Å². The second-order valence-electron chi connectivity index (χ2n) is 3.45. The van der Waals surface area contributed by atoms with Gasteiger partial charge in [-0.2, -0.15) is 0 Å². The van der Waals surface area contributed by atoms with Gasteiger partial charge >= 0.3 is 0 Å². The molecule has 0 saturated heterocycles. The van der Waals surface area contributed by atoms with Gasteiger partial charge in [0.25, 0.3) is 0 Å². The van der Waals surface area contributed by atoms with Crippen molar-refractivity contribution in [1.29, 1.82) is 0 Å². The maximum Gasteiger partial charge on any atom is 0.0694 e. The van der Waals surface area contributed by atoms with Crippen LogP contribution < -0.4 is 11.3 Å². The van der Waals surface area contributed by atoms with Crippen LogP contribution >= 0.6 is 34.0 Å². The predicted molar refractivity (Wildman–Crippen MR) is 78.8 cm³/mol. The highest BCUT2D eigenvalue weighted by Crippen LogP contribution is 2.43. The average Bonchev–Trinajstić information content (AvgIpc) is 3.09. The van der Waals surface area contributed by atoms with E-state index in [0.29, 0.717) is 0 Å². The minimum absolute atomic E-state index is 1.00. The van der Waals surface area contributed by atoms with Crippen LogP contribution in [0.1, 0.15) is 0 Å². The molecule has 0 amide bonds. The smallest absolute Gasteiger partial charge is 0.0694 e. The summed E-state index contributed by atoms with van der Waals surface area (Å²) >= 11 is 5.26. The van der Waals surface area contributed by atoms with Gasteiger partial charge in [-0.15, -0.1) is 34.0 Å². The lowest BCUT2D eigenvalue weighted by Crippen LogP contribution is -2.06. The zero-order valence-electron chi connectivity index (χ0n) is 8.84. The Bertz CT molecular complexity index is 594. The SMILES string of the molecule is NNc1cc(-c2cccs2)sc1-c1cccs1. The second-order valence-corrected chi connectivity index (χ2v) is 6.40. The molecule has 0 atom stereocenters. The Morgan fingerprint density at radius 3 is 2.24 bits per heavy atom. The first-order valence-electron chi connectivity index (χ1n) is 5.06. The van der Waals surface area contributed by atoms with E-state index in [4.69, 9.17) is 5.84 Å². The Hall–Kier alpha value is -1.14. The lowest BCUT2D eigenvalue weighted by Gasteiger charge is -1.98. The topological polar surface area (TPSA) is 38.0 Å². The van der Waals surface area contributed by atoms with Crippen molar-refractivity contribution in [3.63, 3.8) is 0 Å². The molecule has 3 aromatic rings. The van der Waals surface area contributed by atoms with Crippen molar-refractivity contribution in [1.82, 2.24) is 0 Å². The molecule has 0 saturated carbocycles. The number of hydrogen-bond acceptors (Lipinski definition) is 5. The normalized spacial score (nSPS) is 10.6. The summed E-state index contributed by atoms with van der Waals surface area (Å²) in [6.07, 6.45) is 0. The first-order valence-corrected chi connectivity index (χ1v) is 7.64. The summed E-state index contributed by atoms with van der Waals surface area (Å²) in [7, 11) is 0. The summed E-state index contributed by atoms with van der Waals surface area (Å²) in [6.45, 7) is 0. The van der Waals surface area contributed by atoms with E-state index in [1.807, 2.05) is 0 Å². The molecule has 0 aromatic carbocycles. The molecular weight excluding hydrogens is 268 g/mol. The molecule has 86 valence electrons. The standard InChI is InChI=1S/C12H10N2S3/c13-14-8-7-11(9-3-1-5-15-9)17-12(8)10-4-2-6-16-10/h1-7,14H,13H2. The Morgan fingerprint density at radius 2 is 1.65 bits per heavy atom. The zero-order chi connectivity index (χ0) is 11.7. The van der Waals surface area contributed by atoms with Crippen molar-refractivity contribution in [3.8, 4) is 19.5 Å². The molecule has 5 heteroatoms. The number of rotatable bonds is 3. The molecule has 0 radical (unpaired) electrons. The number of nitrogen functional groups attached to an aromatic ring is 1. The van der Waals surface area contributed by atoms with Crippen LogP contribution in [-0.4, -0.2) is 0 Å². The third-order valence-corrected chi connectivity index (χ3v) is 5.65. The van der Waals surface area contributed by atoms with Crippen molar-refractivity contribution in [2.75, 3.05) is 5.43 Å². The van der Waals surface area contributed by atoms with Crippen molar-refractivity contribution in [3.05, 3.63) is 41.1 Å². The Balaban J connectivity index is 2.10. The maximum absolute atomic E-state index is 5.59. The lowest BCUT2D eigenvalue weighted by molar-refractivity contribution is 1.37. The molecular formula is C12H10N2S3. The van der Waals surface area contributed by atoms with Gasteiger partial charge in [0, 0.05) is 14.6 Å². The van der Waals surface area contributed by atoms with Gasteiger partial charge in [0.15, 0.2) is 0 Å². The van der Waals surface area contributed by atoms with Crippen LogP contribution in [0.15, 0.2) is 41.1 Å². The predicted octanol–water partition coefficient (Wildman–Crippen LogP) is 4.49. The Kier molecular flexibility index (Phi) is 2.98. The molecule has 3 aromatic heterocycles. The first kappa shape index (κ1) is 11.0. The van der Waals surface area contributed by atoms with E-state index in [1.165, 1.54) is 19.5 Å². The van der Waals surface area contributed by atoms with E-state index < -0.39 is 0 Å². The van der Waals surface area contributed by atoms with Gasteiger partial charge < -0.3 is 5.43 Å². The van der Waals surface area contributed by atoms with Crippen LogP contribution in [0, 0.1) is 0 Å². The van der Waals surface area contributed by atoms with Gasteiger partial charge in [-0.1, -0.05) is 12.1 Å². The summed E-state index contributed by atoms with van der Waals surface area (Å²) in [5.74, 6) is 5.59. The molecule has 0 fully saturated rings. The van der Waals surface area contributed by atoms with Gasteiger partial charge in [-0.3, -0.25) is 5.84 Å². The highest BCUT2D eigenvalue weighted by atomic mass is 32.1. The summed E-state index contributed by atoms with van der Waals surface area (Å²) < 4.78 is 0. The van der Waals surface area contributed by atoms with Gasteiger partial charge in [-0.25, -0.2) is 0 Å². The van der Waals surface area contributed by atoms with E-state index in [2.05, 4.69) is 46.5 Å². The van der Waals surface area contributed by atoms with Gasteiger partial charge in [0.05, 0.1) is 10.6 Å². The number of anilines is 1. The minimum Gasteiger partial charge on any atom is -0.323 e. The number of nitrogens with two attached hydrogens (primary N) is 1. The van der Waals surface area contributed by atoms with Gasteiger partial charge in [0.2, 0.25) is 0 Å². The molecule has 0 aliphatic carbocycles. The van der Waals surface area contributed by atoms with Gasteiger partial charge in [-0.05, 0) is 29.0 Å². The van der Waals surface area contributed by atoms with Crippen LogP contribution in [0.25, 0.3) is 19.5 Å². The van der Waals surface area contributed by atoms with Gasteiger partial charge in [0.1, 0.15) is 0 Å². The van der Waals surface area contributed by atoms with Crippen molar-refractivity contribution < 1.29 is 0 Å². The fourth-order valence-electron chi connectivity index (χ4n) is 1.63. The summed E-state index contributed by atoms with van der Waals surface area (Å²) in [6, 6.07) is 10.5. The minimum atomic E-state index is 1.00. The van der Waals surface area contributed by atoms with E-state index in [9.17, 15) is 0 Å². The number of hydrazine groups is 1. The van der Waals surface area contributed by atoms with Crippen LogP contribution in [0.2, 0.25) is 0 Å². The van der Waals surface area contributed by atoms with E-state index in [-0.39, 0.29) is 0 Å². The largest absolute Gasteiger partial charge is 0.323 e. The molecule has 0 unspecified atom stereocenters. The molecule has 3 N–H and O–H groups in total.